The molecule has 5 nitrogen and oxygen atoms in total. The number of alkyl halides is 3. The van der Waals surface area contributed by atoms with E-state index >= 15 is 0 Å². The van der Waals surface area contributed by atoms with Crippen LogP contribution in [0.15, 0.2) is 18.2 Å². The van der Waals surface area contributed by atoms with Crippen LogP contribution in [0.4, 0.5) is 23.7 Å². The van der Waals surface area contributed by atoms with Gasteiger partial charge in [-0.15, -0.1) is 0 Å². The lowest BCUT2D eigenvalue weighted by Gasteiger charge is -2.36. The van der Waals surface area contributed by atoms with E-state index in [0.717, 1.165) is 6.07 Å². The van der Waals surface area contributed by atoms with E-state index in [2.05, 4.69) is 5.32 Å². The van der Waals surface area contributed by atoms with Crippen molar-refractivity contribution in [3.8, 4) is 5.75 Å². The fourth-order valence-electron chi connectivity index (χ4n) is 1.67. The SMILES string of the molecule is COc1ccc2c(c1)C(O)(C(F)(F)F)NC(=O)N2. The van der Waals surface area contributed by atoms with Crippen molar-refractivity contribution in [1.29, 1.82) is 0 Å². The minimum Gasteiger partial charge on any atom is -0.497 e. The summed E-state index contributed by atoms with van der Waals surface area (Å²) in [5, 5.41) is 13.3. The van der Waals surface area contributed by atoms with Crippen LogP contribution in [0.2, 0.25) is 0 Å². The van der Waals surface area contributed by atoms with Gasteiger partial charge in [-0.2, -0.15) is 13.2 Å². The van der Waals surface area contributed by atoms with Gasteiger partial charge in [0.1, 0.15) is 5.75 Å². The number of hydrogen-bond donors (Lipinski definition) is 3. The number of nitrogens with one attached hydrogen (secondary N) is 2. The zero-order valence-electron chi connectivity index (χ0n) is 9.13. The topological polar surface area (TPSA) is 70.6 Å². The molecule has 8 heteroatoms. The monoisotopic (exact) mass is 262 g/mol. The molecule has 0 spiro atoms. The number of methoxy groups -OCH3 is 1. The molecule has 1 unspecified atom stereocenters. The predicted octanol–water partition coefficient (Wildman–Crippen LogP) is 1.54. The number of carbonyl (C=O) groups excluding carboxylic acids is 1. The van der Waals surface area contributed by atoms with Gasteiger partial charge in [-0.3, -0.25) is 5.32 Å². The molecule has 0 saturated carbocycles. The molecule has 0 bridgehead atoms. The summed E-state index contributed by atoms with van der Waals surface area (Å²) in [7, 11) is 1.28. The van der Waals surface area contributed by atoms with Crippen molar-refractivity contribution in [2.24, 2.45) is 0 Å². The maximum atomic E-state index is 12.9. The minimum absolute atomic E-state index is 0.126. The molecular formula is C10H9F3N2O3. The van der Waals surface area contributed by atoms with Crippen LogP contribution in [0.3, 0.4) is 0 Å². The second-order valence-electron chi connectivity index (χ2n) is 3.70. The Kier molecular flexibility index (Phi) is 2.62. The van der Waals surface area contributed by atoms with E-state index in [4.69, 9.17) is 4.74 Å². The van der Waals surface area contributed by atoms with Crippen molar-refractivity contribution in [3.05, 3.63) is 23.8 Å². The van der Waals surface area contributed by atoms with Gasteiger partial charge in [-0.25, -0.2) is 4.79 Å². The highest BCUT2D eigenvalue weighted by atomic mass is 19.4. The molecule has 1 aliphatic rings. The third-order valence-electron chi connectivity index (χ3n) is 2.57. The number of anilines is 1. The van der Waals surface area contributed by atoms with E-state index < -0.39 is 23.5 Å². The van der Waals surface area contributed by atoms with Gasteiger partial charge in [0.2, 0.25) is 0 Å². The van der Waals surface area contributed by atoms with Crippen LogP contribution in [-0.2, 0) is 5.72 Å². The van der Waals surface area contributed by atoms with Gasteiger partial charge in [0.05, 0.1) is 12.8 Å². The average molecular weight is 262 g/mol. The Bertz CT molecular complexity index is 504. The van der Waals surface area contributed by atoms with Crippen molar-refractivity contribution in [2.45, 2.75) is 11.9 Å². The Morgan fingerprint density at radius 2 is 2.06 bits per heavy atom. The largest absolute Gasteiger partial charge is 0.497 e. The third-order valence-corrected chi connectivity index (χ3v) is 2.57. The maximum Gasteiger partial charge on any atom is 0.441 e. The molecule has 1 aliphatic heterocycles. The summed E-state index contributed by atoms with van der Waals surface area (Å²) in [6.45, 7) is 0. The number of amides is 2. The van der Waals surface area contributed by atoms with E-state index in [1.165, 1.54) is 24.6 Å². The van der Waals surface area contributed by atoms with Crippen molar-refractivity contribution in [1.82, 2.24) is 5.32 Å². The molecule has 0 aromatic heterocycles. The first-order valence-electron chi connectivity index (χ1n) is 4.85. The molecule has 18 heavy (non-hydrogen) atoms. The van der Waals surface area contributed by atoms with E-state index in [1.54, 1.807) is 0 Å². The molecule has 0 saturated heterocycles. The predicted molar refractivity (Wildman–Crippen MR) is 55.1 cm³/mol. The minimum atomic E-state index is -5.05. The highest BCUT2D eigenvalue weighted by molar-refractivity contribution is 5.93. The van der Waals surface area contributed by atoms with Crippen molar-refractivity contribution in [2.75, 3.05) is 12.4 Å². The first kappa shape index (κ1) is 12.5. The van der Waals surface area contributed by atoms with Gasteiger partial charge in [0.15, 0.2) is 0 Å². The summed E-state index contributed by atoms with van der Waals surface area (Å²) in [5.74, 6) is 0.134. The van der Waals surface area contributed by atoms with E-state index in [0.29, 0.717) is 0 Å². The van der Waals surface area contributed by atoms with Crippen LogP contribution >= 0.6 is 0 Å². The normalized spacial score (nSPS) is 22.8. The molecule has 1 atom stereocenters. The summed E-state index contributed by atoms with van der Waals surface area (Å²) < 4.78 is 43.4. The Balaban J connectivity index is 2.63. The quantitative estimate of drug-likeness (QED) is 0.719. The van der Waals surface area contributed by atoms with Gasteiger partial charge >= 0.3 is 12.2 Å². The van der Waals surface area contributed by atoms with Gasteiger partial charge in [0, 0.05) is 5.56 Å². The third kappa shape index (κ3) is 1.74. The highest BCUT2D eigenvalue weighted by Crippen LogP contribution is 2.43. The fraction of sp³-hybridized carbons (Fsp3) is 0.300. The number of urea groups is 1. The van der Waals surface area contributed by atoms with E-state index in [-0.39, 0.29) is 11.4 Å². The zero-order valence-corrected chi connectivity index (χ0v) is 9.13. The lowest BCUT2D eigenvalue weighted by Crippen LogP contribution is -2.60. The smallest absolute Gasteiger partial charge is 0.441 e. The molecule has 0 fully saturated rings. The Morgan fingerprint density at radius 3 is 2.61 bits per heavy atom. The Hall–Kier alpha value is -1.96. The number of fused-ring (bicyclic) bond motifs is 1. The number of halogens is 3. The van der Waals surface area contributed by atoms with Crippen molar-refractivity contribution in [3.63, 3.8) is 0 Å². The summed E-state index contributed by atoms with van der Waals surface area (Å²) in [6.07, 6.45) is -5.05. The molecule has 1 heterocycles. The molecular weight excluding hydrogens is 253 g/mol. The molecule has 0 radical (unpaired) electrons. The van der Waals surface area contributed by atoms with Gasteiger partial charge in [0.25, 0.3) is 5.72 Å². The lowest BCUT2D eigenvalue weighted by atomic mass is 9.97. The van der Waals surface area contributed by atoms with Crippen molar-refractivity contribution >= 4 is 11.7 Å². The number of ether oxygens (including phenoxy) is 1. The van der Waals surface area contributed by atoms with Crippen LogP contribution in [0.5, 0.6) is 5.75 Å². The van der Waals surface area contributed by atoms with Crippen molar-refractivity contribution < 1.29 is 27.8 Å². The molecule has 1 aromatic carbocycles. The zero-order chi connectivity index (χ0) is 13.6. The van der Waals surface area contributed by atoms with E-state index in [1.807, 2.05) is 0 Å². The first-order chi connectivity index (χ1) is 8.28. The Labute approximate surface area is 99.6 Å². The average Bonchev–Trinajstić information content (AvgIpc) is 2.27. The second kappa shape index (κ2) is 3.77. The van der Waals surface area contributed by atoms with Gasteiger partial charge < -0.3 is 15.2 Å². The van der Waals surface area contributed by atoms with Crippen LogP contribution in [0.1, 0.15) is 5.56 Å². The summed E-state index contributed by atoms with van der Waals surface area (Å²) in [6, 6.07) is 2.48. The van der Waals surface area contributed by atoms with E-state index in [9.17, 15) is 23.1 Å². The first-order valence-corrected chi connectivity index (χ1v) is 4.85. The van der Waals surface area contributed by atoms with Crippen LogP contribution in [0.25, 0.3) is 0 Å². The molecule has 3 N–H and O–H groups in total. The number of benzene rings is 1. The maximum absolute atomic E-state index is 12.9. The van der Waals surface area contributed by atoms with Crippen LogP contribution in [-0.4, -0.2) is 24.4 Å². The number of hydrogen-bond acceptors (Lipinski definition) is 3. The molecule has 98 valence electrons. The molecule has 0 aliphatic carbocycles. The Morgan fingerprint density at radius 1 is 1.39 bits per heavy atom. The number of carbonyl (C=O) groups is 1. The van der Waals surface area contributed by atoms with Crippen LogP contribution < -0.4 is 15.4 Å². The second-order valence-corrected chi connectivity index (χ2v) is 3.70. The van der Waals surface area contributed by atoms with Gasteiger partial charge in [-0.05, 0) is 18.2 Å². The number of rotatable bonds is 1. The van der Waals surface area contributed by atoms with Gasteiger partial charge in [-0.1, -0.05) is 0 Å². The lowest BCUT2D eigenvalue weighted by molar-refractivity contribution is -0.274. The van der Waals surface area contributed by atoms with Crippen LogP contribution in [0, 0.1) is 0 Å². The molecule has 2 amide bonds. The number of aliphatic hydroxyl groups is 1. The summed E-state index contributed by atoms with van der Waals surface area (Å²) >= 11 is 0. The standard InChI is InChI=1S/C10H9F3N2O3/c1-18-5-2-3-7-6(4-5)9(17,10(11,12)13)15-8(16)14-7/h2-4,17H,1H3,(H2,14,15,16). The molecule has 1 aromatic rings. The fourth-order valence-corrected chi connectivity index (χ4v) is 1.67. The summed E-state index contributed by atoms with van der Waals surface area (Å²) in [5.41, 5.74) is -4.08. The highest BCUT2D eigenvalue weighted by Gasteiger charge is 2.59. The summed E-state index contributed by atoms with van der Waals surface area (Å²) in [4.78, 5) is 11.1. The molecule has 2 rings (SSSR count).